The Kier molecular flexibility index (Phi) is 5.43. The van der Waals surface area contributed by atoms with E-state index < -0.39 is 11.8 Å². The van der Waals surface area contributed by atoms with Crippen molar-refractivity contribution in [1.82, 2.24) is 5.32 Å². The second kappa shape index (κ2) is 7.77. The largest absolute Gasteiger partial charge is 0.497 e. The zero-order valence-electron chi connectivity index (χ0n) is 14.5. The number of nitrogens with one attached hydrogen (secondary N) is 1. The Labute approximate surface area is 166 Å². The molecule has 2 amide bonds. The molecule has 1 heterocycles. The lowest BCUT2D eigenvalue weighted by Crippen LogP contribution is -2.54. The van der Waals surface area contributed by atoms with E-state index in [1.807, 2.05) is 0 Å². The van der Waals surface area contributed by atoms with Crippen LogP contribution in [0.2, 0.25) is 5.02 Å². The minimum Gasteiger partial charge on any atom is -0.497 e. The fraction of sp³-hybridized carbons (Fsp3) is 0.105. The van der Waals surface area contributed by atoms with E-state index in [2.05, 4.69) is 5.32 Å². The average molecular weight is 403 g/mol. The molecule has 6 nitrogen and oxygen atoms in total. The van der Waals surface area contributed by atoms with Gasteiger partial charge in [0.05, 0.1) is 24.9 Å². The van der Waals surface area contributed by atoms with Crippen LogP contribution in [0.25, 0.3) is 6.08 Å². The first-order chi connectivity index (χ1) is 13.0. The number of anilines is 1. The van der Waals surface area contributed by atoms with Crippen molar-refractivity contribution in [2.75, 3.05) is 19.1 Å². The molecule has 0 saturated carbocycles. The summed E-state index contributed by atoms with van der Waals surface area (Å²) >= 11 is 11.4. The van der Waals surface area contributed by atoms with E-state index >= 15 is 0 Å². The van der Waals surface area contributed by atoms with Crippen molar-refractivity contribution in [2.45, 2.75) is 0 Å². The molecule has 0 unspecified atom stereocenters. The summed E-state index contributed by atoms with van der Waals surface area (Å²) in [7, 11) is 3.02. The minimum absolute atomic E-state index is 0.0344. The predicted molar refractivity (Wildman–Crippen MR) is 107 cm³/mol. The molecule has 2 aromatic rings. The van der Waals surface area contributed by atoms with Crippen LogP contribution in [-0.4, -0.2) is 31.1 Å². The summed E-state index contributed by atoms with van der Waals surface area (Å²) < 4.78 is 10.5. The van der Waals surface area contributed by atoms with Crippen LogP contribution in [0.3, 0.4) is 0 Å². The number of para-hydroxylation sites is 1. The van der Waals surface area contributed by atoms with Crippen LogP contribution in [0.1, 0.15) is 5.56 Å². The summed E-state index contributed by atoms with van der Waals surface area (Å²) in [6.45, 7) is 0. The number of benzene rings is 2. The van der Waals surface area contributed by atoms with E-state index in [9.17, 15) is 9.59 Å². The lowest BCUT2D eigenvalue weighted by atomic mass is 10.1. The van der Waals surface area contributed by atoms with Gasteiger partial charge >= 0.3 is 0 Å². The lowest BCUT2D eigenvalue weighted by molar-refractivity contribution is -0.122. The second-order valence-corrected chi connectivity index (χ2v) is 6.31. The van der Waals surface area contributed by atoms with Crippen LogP contribution < -0.4 is 19.7 Å². The van der Waals surface area contributed by atoms with Crippen LogP contribution in [0.15, 0.2) is 48.0 Å². The molecule has 0 radical (unpaired) electrons. The predicted octanol–water partition coefficient (Wildman–Crippen LogP) is 3.19. The van der Waals surface area contributed by atoms with Crippen molar-refractivity contribution in [3.05, 3.63) is 58.6 Å². The molecule has 8 heteroatoms. The van der Waals surface area contributed by atoms with Gasteiger partial charge < -0.3 is 9.47 Å². The van der Waals surface area contributed by atoms with Crippen molar-refractivity contribution in [2.24, 2.45) is 0 Å². The number of hydrogen-bond acceptors (Lipinski definition) is 5. The van der Waals surface area contributed by atoms with E-state index in [0.29, 0.717) is 27.8 Å². The fourth-order valence-electron chi connectivity index (χ4n) is 2.62. The molecule has 1 saturated heterocycles. The topological polar surface area (TPSA) is 67.9 Å². The Morgan fingerprint density at radius 1 is 1.11 bits per heavy atom. The Morgan fingerprint density at radius 2 is 1.85 bits per heavy atom. The van der Waals surface area contributed by atoms with Crippen LogP contribution in [-0.2, 0) is 9.59 Å². The molecule has 1 aliphatic heterocycles. The normalized spacial score (nSPS) is 15.7. The highest BCUT2D eigenvalue weighted by molar-refractivity contribution is 7.80. The van der Waals surface area contributed by atoms with E-state index in [1.54, 1.807) is 42.5 Å². The molecule has 0 bridgehead atoms. The highest BCUT2D eigenvalue weighted by Crippen LogP contribution is 2.31. The number of carbonyl (C=O) groups excluding carboxylic acids is 2. The maximum absolute atomic E-state index is 13.0. The summed E-state index contributed by atoms with van der Waals surface area (Å²) in [5, 5.41) is 2.82. The van der Waals surface area contributed by atoms with E-state index in [1.165, 1.54) is 25.2 Å². The Balaban J connectivity index is 2.09. The van der Waals surface area contributed by atoms with Crippen molar-refractivity contribution in [1.29, 1.82) is 0 Å². The summed E-state index contributed by atoms with van der Waals surface area (Å²) in [5.74, 6) is -0.133. The molecule has 1 fully saturated rings. The molecule has 138 valence electrons. The van der Waals surface area contributed by atoms with Crippen LogP contribution >= 0.6 is 23.8 Å². The highest BCUT2D eigenvalue weighted by Gasteiger charge is 2.35. The zero-order chi connectivity index (χ0) is 19.6. The number of amides is 2. The molecule has 0 aromatic heterocycles. The number of nitrogens with zero attached hydrogens (tertiary/aromatic N) is 1. The number of methoxy groups -OCH3 is 2. The standard InChI is InChI=1S/C19H15ClN2O4S/c1-25-12-7-8-16(26-2)11(9-12)10-13-17(23)21-19(27)22(18(13)24)15-6-4-3-5-14(15)20/h3-10H,1-2H3,(H,21,23,27)/b13-10+. The monoisotopic (exact) mass is 402 g/mol. The first-order valence-corrected chi connectivity index (χ1v) is 8.63. The molecule has 1 aliphatic rings. The van der Waals surface area contributed by atoms with E-state index in [4.69, 9.17) is 33.3 Å². The molecular weight excluding hydrogens is 388 g/mol. The zero-order valence-corrected chi connectivity index (χ0v) is 16.1. The number of thiocarbonyl (C=S) groups is 1. The van der Waals surface area contributed by atoms with E-state index in [0.717, 1.165) is 0 Å². The quantitative estimate of drug-likeness (QED) is 0.483. The first-order valence-electron chi connectivity index (χ1n) is 7.84. The van der Waals surface area contributed by atoms with Gasteiger partial charge in [-0.2, -0.15) is 0 Å². The smallest absolute Gasteiger partial charge is 0.270 e. The molecule has 1 N–H and O–H groups in total. The van der Waals surface area contributed by atoms with Gasteiger partial charge in [0.25, 0.3) is 11.8 Å². The molecule has 0 aliphatic carbocycles. The van der Waals surface area contributed by atoms with Crippen molar-refractivity contribution >= 4 is 52.5 Å². The average Bonchev–Trinajstić information content (AvgIpc) is 2.66. The SMILES string of the molecule is COc1ccc(OC)c(/C=C2\C(=O)NC(=S)N(c3ccccc3Cl)C2=O)c1. The molecule has 0 atom stereocenters. The maximum atomic E-state index is 13.0. The van der Waals surface area contributed by atoms with Crippen LogP contribution in [0, 0.1) is 0 Å². The number of carbonyl (C=O) groups is 2. The fourth-order valence-corrected chi connectivity index (χ4v) is 3.11. The van der Waals surface area contributed by atoms with Gasteiger partial charge in [-0.3, -0.25) is 19.8 Å². The van der Waals surface area contributed by atoms with Gasteiger partial charge in [0, 0.05) is 5.56 Å². The van der Waals surface area contributed by atoms with Gasteiger partial charge in [0.1, 0.15) is 17.1 Å². The van der Waals surface area contributed by atoms with Gasteiger partial charge in [0.15, 0.2) is 5.11 Å². The maximum Gasteiger partial charge on any atom is 0.270 e. The summed E-state index contributed by atoms with van der Waals surface area (Å²) in [6, 6.07) is 11.8. The lowest BCUT2D eigenvalue weighted by Gasteiger charge is -2.29. The third-order valence-corrected chi connectivity index (χ3v) is 4.54. The number of hydrogen-bond donors (Lipinski definition) is 1. The van der Waals surface area contributed by atoms with Gasteiger partial charge in [-0.05, 0) is 48.6 Å². The molecular formula is C19H15ClN2O4S. The Bertz CT molecular complexity index is 974. The highest BCUT2D eigenvalue weighted by atomic mass is 35.5. The van der Waals surface area contributed by atoms with Crippen molar-refractivity contribution < 1.29 is 19.1 Å². The first kappa shape index (κ1) is 18.9. The van der Waals surface area contributed by atoms with Gasteiger partial charge in [-0.1, -0.05) is 23.7 Å². The Hall–Kier alpha value is -2.90. The molecule has 2 aromatic carbocycles. The molecule has 0 spiro atoms. The third kappa shape index (κ3) is 3.65. The summed E-state index contributed by atoms with van der Waals surface area (Å²) in [6.07, 6.45) is 1.44. The van der Waals surface area contributed by atoms with Crippen LogP contribution in [0.4, 0.5) is 5.69 Å². The molecule has 3 rings (SSSR count). The Morgan fingerprint density at radius 3 is 2.52 bits per heavy atom. The number of halogens is 1. The van der Waals surface area contributed by atoms with Crippen molar-refractivity contribution in [3.63, 3.8) is 0 Å². The second-order valence-electron chi connectivity index (χ2n) is 5.52. The van der Waals surface area contributed by atoms with Crippen molar-refractivity contribution in [3.8, 4) is 11.5 Å². The number of rotatable bonds is 4. The third-order valence-electron chi connectivity index (χ3n) is 3.93. The number of ether oxygens (including phenoxy) is 2. The van der Waals surface area contributed by atoms with Gasteiger partial charge in [0.2, 0.25) is 0 Å². The summed E-state index contributed by atoms with van der Waals surface area (Å²) in [4.78, 5) is 26.6. The van der Waals surface area contributed by atoms with Gasteiger partial charge in [-0.25, -0.2) is 0 Å². The van der Waals surface area contributed by atoms with E-state index in [-0.39, 0.29) is 10.7 Å². The molecule has 27 heavy (non-hydrogen) atoms. The van der Waals surface area contributed by atoms with Crippen LogP contribution in [0.5, 0.6) is 11.5 Å². The minimum atomic E-state index is -0.599. The summed E-state index contributed by atoms with van der Waals surface area (Å²) in [5.41, 5.74) is 0.801. The van der Waals surface area contributed by atoms with Gasteiger partial charge in [-0.15, -0.1) is 0 Å².